The molecular weight excluding hydrogens is 258 g/mol. The summed E-state index contributed by atoms with van der Waals surface area (Å²) in [5.74, 6) is -3.49. The molecule has 18 heavy (non-hydrogen) atoms. The molecule has 0 atom stereocenters. The van der Waals surface area contributed by atoms with Crippen LogP contribution in [0.5, 0.6) is 0 Å². The molecule has 0 aliphatic carbocycles. The van der Waals surface area contributed by atoms with Crippen LogP contribution in [0.15, 0.2) is 41.3 Å². The molecule has 0 spiro atoms. The molecule has 5 heteroatoms. The Labute approximate surface area is 107 Å². The average molecular weight is 268 g/mol. The molecule has 2 aromatic carbocycles. The van der Waals surface area contributed by atoms with E-state index in [-0.39, 0.29) is 6.42 Å². The smallest absolute Gasteiger partial charge is 0.307 e. The van der Waals surface area contributed by atoms with Gasteiger partial charge in [-0.05, 0) is 22.4 Å². The van der Waals surface area contributed by atoms with Gasteiger partial charge in [0.25, 0.3) is 5.76 Å². The Morgan fingerprint density at radius 1 is 1.28 bits per heavy atom. The van der Waals surface area contributed by atoms with Crippen LogP contribution in [0.25, 0.3) is 10.8 Å². The zero-order valence-electron chi connectivity index (χ0n) is 9.27. The van der Waals surface area contributed by atoms with Crippen LogP contribution in [0, 0.1) is 0 Å². The van der Waals surface area contributed by atoms with Crippen molar-refractivity contribution in [3.8, 4) is 0 Å². The number of hydrogen-bond acceptors (Lipinski definition) is 2. The number of rotatable bonds is 4. The Kier molecular flexibility index (Phi) is 3.81. The number of hydrogen-bond donors (Lipinski definition) is 1. The summed E-state index contributed by atoms with van der Waals surface area (Å²) < 4.78 is 25.0. The summed E-state index contributed by atoms with van der Waals surface area (Å²) in [4.78, 5) is 11.1. The third-order valence-corrected chi connectivity index (χ3v) is 3.22. The quantitative estimate of drug-likeness (QED) is 0.857. The number of carboxylic acid groups (broad SMARTS) is 1. The summed E-state index contributed by atoms with van der Waals surface area (Å²) in [5.41, 5.74) is 0.532. The van der Waals surface area contributed by atoms with Gasteiger partial charge >= 0.3 is 5.97 Å². The number of carboxylic acids is 1. The third-order valence-electron chi connectivity index (χ3n) is 2.46. The molecule has 0 radical (unpaired) electrons. The fourth-order valence-electron chi connectivity index (χ4n) is 1.80. The second kappa shape index (κ2) is 5.35. The monoisotopic (exact) mass is 268 g/mol. The normalized spacial score (nSPS) is 11.1. The minimum atomic E-state index is -2.52. The van der Waals surface area contributed by atoms with E-state index in [1.54, 1.807) is 30.3 Å². The van der Waals surface area contributed by atoms with Gasteiger partial charge in [0.2, 0.25) is 0 Å². The van der Waals surface area contributed by atoms with Crippen LogP contribution >= 0.6 is 11.8 Å². The van der Waals surface area contributed by atoms with Gasteiger partial charge in [-0.2, -0.15) is 8.78 Å². The Morgan fingerprint density at radius 3 is 2.67 bits per heavy atom. The van der Waals surface area contributed by atoms with Gasteiger partial charge in [-0.15, -0.1) is 0 Å². The molecule has 2 nitrogen and oxygen atoms in total. The second-order valence-corrected chi connectivity index (χ2v) is 4.80. The van der Waals surface area contributed by atoms with Gasteiger partial charge in [0.15, 0.2) is 0 Å². The minimum absolute atomic E-state index is 0.165. The first-order valence-corrected chi connectivity index (χ1v) is 6.12. The van der Waals surface area contributed by atoms with E-state index in [0.29, 0.717) is 22.2 Å². The maximum absolute atomic E-state index is 12.5. The van der Waals surface area contributed by atoms with Crippen molar-refractivity contribution in [2.24, 2.45) is 0 Å². The third kappa shape index (κ3) is 2.98. The highest BCUT2D eigenvalue weighted by atomic mass is 32.2. The van der Waals surface area contributed by atoms with E-state index in [4.69, 9.17) is 5.11 Å². The summed E-state index contributed by atoms with van der Waals surface area (Å²) in [6.45, 7) is 0. The molecule has 2 rings (SSSR count). The Bertz CT molecular complexity index is 584. The van der Waals surface area contributed by atoms with Crippen LogP contribution in [0.4, 0.5) is 8.78 Å². The Morgan fingerprint density at radius 2 is 2.00 bits per heavy atom. The summed E-state index contributed by atoms with van der Waals surface area (Å²) in [6, 6.07) is 10.4. The number of benzene rings is 2. The van der Waals surface area contributed by atoms with Crippen LogP contribution in [0.2, 0.25) is 0 Å². The number of fused-ring (bicyclic) bond motifs is 1. The molecule has 0 unspecified atom stereocenters. The molecule has 0 aliphatic rings. The highest BCUT2D eigenvalue weighted by Gasteiger charge is 2.11. The highest BCUT2D eigenvalue weighted by Crippen LogP contribution is 2.33. The molecule has 0 aromatic heterocycles. The maximum atomic E-state index is 12.5. The van der Waals surface area contributed by atoms with E-state index in [2.05, 4.69) is 0 Å². The number of halogens is 2. The lowest BCUT2D eigenvalue weighted by molar-refractivity contribution is -0.136. The van der Waals surface area contributed by atoms with Gasteiger partial charge in [0.05, 0.1) is 6.42 Å². The molecule has 2 aromatic rings. The lowest BCUT2D eigenvalue weighted by atomic mass is 10.1. The van der Waals surface area contributed by atoms with E-state index < -0.39 is 11.7 Å². The fourth-order valence-corrected chi connectivity index (χ4v) is 2.53. The molecule has 0 fully saturated rings. The van der Waals surface area contributed by atoms with Crippen molar-refractivity contribution in [1.29, 1.82) is 0 Å². The predicted octanol–water partition coefficient (Wildman–Crippen LogP) is 3.78. The maximum Gasteiger partial charge on any atom is 0.307 e. The van der Waals surface area contributed by atoms with Crippen molar-refractivity contribution in [3.05, 3.63) is 42.0 Å². The second-order valence-electron chi connectivity index (χ2n) is 3.76. The van der Waals surface area contributed by atoms with Crippen molar-refractivity contribution in [2.45, 2.75) is 17.1 Å². The standard InChI is InChI=1S/C13H10F2O2S/c14-13(15)18-11-6-8(7-12(16)17)5-9-3-1-2-4-10(9)11/h1-6,13H,7H2,(H,16,17). The SMILES string of the molecule is O=C(O)Cc1cc(SC(F)F)c2ccccc2c1. The molecule has 0 amide bonds. The fraction of sp³-hybridized carbons (Fsp3) is 0.154. The van der Waals surface area contributed by atoms with E-state index >= 15 is 0 Å². The summed E-state index contributed by atoms with van der Waals surface area (Å²) in [6.07, 6.45) is -0.165. The zero-order valence-corrected chi connectivity index (χ0v) is 10.1. The molecular formula is C13H10F2O2S. The van der Waals surface area contributed by atoms with E-state index in [9.17, 15) is 13.6 Å². The predicted molar refractivity (Wildman–Crippen MR) is 67.1 cm³/mol. The average Bonchev–Trinajstić information content (AvgIpc) is 2.27. The van der Waals surface area contributed by atoms with Gasteiger partial charge in [-0.1, -0.05) is 42.1 Å². The molecule has 1 N–H and O–H groups in total. The summed E-state index contributed by atoms with van der Waals surface area (Å²) in [7, 11) is 0. The number of alkyl halides is 2. The largest absolute Gasteiger partial charge is 0.481 e. The first-order valence-electron chi connectivity index (χ1n) is 5.24. The number of carbonyl (C=O) groups is 1. The summed E-state index contributed by atoms with van der Waals surface area (Å²) in [5, 5.41) is 10.3. The van der Waals surface area contributed by atoms with Crippen molar-refractivity contribution in [2.75, 3.05) is 0 Å². The molecule has 0 heterocycles. The summed E-state index contributed by atoms with van der Waals surface area (Å²) >= 11 is 0.443. The van der Waals surface area contributed by atoms with Crippen molar-refractivity contribution in [3.63, 3.8) is 0 Å². The van der Waals surface area contributed by atoms with Crippen molar-refractivity contribution in [1.82, 2.24) is 0 Å². The van der Waals surface area contributed by atoms with E-state index in [1.807, 2.05) is 0 Å². The Balaban J connectivity index is 2.53. The van der Waals surface area contributed by atoms with Crippen LogP contribution < -0.4 is 0 Å². The Hall–Kier alpha value is -1.62. The van der Waals surface area contributed by atoms with Crippen LogP contribution in [0.3, 0.4) is 0 Å². The highest BCUT2D eigenvalue weighted by molar-refractivity contribution is 7.99. The van der Waals surface area contributed by atoms with E-state index in [0.717, 1.165) is 10.8 Å². The minimum Gasteiger partial charge on any atom is -0.481 e. The lowest BCUT2D eigenvalue weighted by Gasteiger charge is -2.08. The first kappa shape index (κ1) is 12.8. The van der Waals surface area contributed by atoms with E-state index in [1.165, 1.54) is 6.07 Å². The van der Waals surface area contributed by atoms with Gasteiger partial charge < -0.3 is 5.11 Å². The number of aliphatic carboxylic acids is 1. The topological polar surface area (TPSA) is 37.3 Å². The first-order chi connectivity index (χ1) is 8.56. The molecule has 94 valence electrons. The zero-order chi connectivity index (χ0) is 13.1. The lowest BCUT2D eigenvalue weighted by Crippen LogP contribution is -2.00. The van der Waals surface area contributed by atoms with Gasteiger partial charge in [0, 0.05) is 4.90 Å². The van der Waals surface area contributed by atoms with Crippen LogP contribution in [0.1, 0.15) is 5.56 Å². The number of thioether (sulfide) groups is 1. The van der Waals surface area contributed by atoms with Gasteiger partial charge in [0.1, 0.15) is 0 Å². The van der Waals surface area contributed by atoms with Crippen LogP contribution in [-0.2, 0) is 11.2 Å². The van der Waals surface area contributed by atoms with Crippen molar-refractivity contribution < 1.29 is 18.7 Å². The molecule has 0 aliphatic heterocycles. The van der Waals surface area contributed by atoms with Gasteiger partial charge in [-0.25, -0.2) is 0 Å². The molecule has 0 saturated carbocycles. The molecule has 0 saturated heterocycles. The van der Waals surface area contributed by atoms with Gasteiger partial charge in [-0.3, -0.25) is 4.79 Å². The van der Waals surface area contributed by atoms with Crippen molar-refractivity contribution >= 4 is 28.5 Å². The molecule has 0 bridgehead atoms. The van der Waals surface area contributed by atoms with Crippen LogP contribution in [-0.4, -0.2) is 16.8 Å².